The van der Waals surface area contributed by atoms with Gasteiger partial charge in [-0.1, -0.05) is 13.2 Å². The molecule has 0 aliphatic heterocycles. The largest absolute Gasteiger partial charge is 0.246 e. The van der Waals surface area contributed by atoms with Crippen LogP contribution in [0.25, 0.3) is 0 Å². The molecule has 9 heavy (non-hydrogen) atoms. The molecule has 0 radical (unpaired) electrons. The quantitative estimate of drug-likeness (QED) is 0.529. The Labute approximate surface area is 71.8 Å². The smallest absolute Gasteiger partial charge is 0.0988 e. The molecule has 50 valence electrons. The fourth-order valence-electron chi connectivity index (χ4n) is 0.243. The monoisotopic (exact) mass is 251 g/mol. The topological polar surface area (TPSA) is 12.4 Å². The van der Waals surface area contributed by atoms with Crippen LogP contribution < -0.4 is 0 Å². The van der Waals surface area contributed by atoms with Crippen LogP contribution in [0.15, 0.2) is 27.2 Å². The van der Waals surface area contributed by atoms with E-state index < -0.39 is 0 Å². The highest BCUT2D eigenvalue weighted by molar-refractivity contribution is 9.12. The van der Waals surface area contributed by atoms with Crippen LogP contribution in [0.4, 0.5) is 0 Å². The number of halogens is 2. The lowest BCUT2D eigenvalue weighted by Crippen LogP contribution is -1.86. The molecule has 0 N–H and O–H groups in total. The molecule has 0 saturated heterocycles. The molecule has 1 nitrogen and oxygen atoms in total. The fourth-order valence-corrected chi connectivity index (χ4v) is 0.597. The Hall–Kier alpha value is 0.110. The molecule has 0 aromatic heterocycles. The summed E-state index contributed by atoms with van der Waals surface area (Å²) >= 11 is 6.28. The summed E-state index contributed by atoms with van der Waals surface area (Å²) in [7, 11) is 0. The van der Waals surface area contributed by atoms with E-state index in [0.717, 1.165) is 10.2 Å². The van der Waals surface area contributed by atoms with Crippen LogP contribution in [-0.2, 0) is 0 Å². The summed E-state index contributed by atoms with van der Waals surface area (Å²) in [5, 5.41) is 0. The summed E-state index contributed by atoms with van der Waals surface area (Å²) < 4.78 is 1.39. The van der Waals surface area contributed by atoms with E-state index in [1.807, 2.05) is 6.92 Å². The van der Waals surface area contributed by atoms with Gasteiger partial charge in [0.15, 0.2) is 0 Å². The molecule has 0 saturated carbocycles. The van der Waals surface area contributed by atoms with Gasteiger partial charge in [0.25, 0.3) is 0 Å². The van der Waals surface area contributed by atoms with Crippen LogP contribution in [0.5, 0.6) is 0 Å². The van der Waals surface area contributed by atoms with Gasteiger partial charge in [0.05, 0.1) is 10.3 Å². The number of aliphatic imine (C=N–C) groups is 1. The van der Waals surface area contributed by atoms with E-state index in [1.165, 1.54) is 0 Å². The molecule has 0 heterocycles. The van der Waals surface area contributed by atoms with E-state index in [4.69, 9.17) is 0 Å². The number of rotatable bonds is 2. The molecule has 0 unspecified atom stereocenters. The number of allylic oxidation sites excluding steroid dienone is 1. The molecule has 0 bridgehead atoms. The second-order valence-corrected chi connectivity index (χ2v) is 3.35. The van der Waals surface area contributed by atoms with Crippen molar-refractivity contribution in [3.63, 3.8) is 0 Å². The first kappa shape index (κ1) is 9.11. The van der Waals surface area contributed by atoms with E-state index in [1.54, 1.807) is 0 Å². The van der Waals surface area contributed by atoms with Crippen molar-refractivity contribution in [2.45, 2.75) is 6.92 Å². The molecule has 0 aromatic rings. The van der Waals surface area contributed by atoms with Crippen LogP contribution >= 0.6 is 31.9 Å². The lowest BCUT2D eigenvalue weighted by Gasteiger charge is -1.92. The van der Waals surface area contributed by atoms with Crippen molar-refractivity contribution in [3.05, 3.63) is 22.2 Å². The second-order valence-electron chi connectivity index (χ2n) is 1.48. The lowest BCUT2D eigenvalue weighted by atomic mass is 10.4. The predicted molar refractivity (Wildman–Crippen MR) is 49.2 cm³/mol. The SMILES string of the molecule is C=C(Br)/N=C(/C)C(=C)Br. The Kier molecular flexibility index (Phi) is 4.06. The van der Waals surface area contributed by atoms with Crippen LogP contribution in [0.2, 0.25) is 0 Å². The first-order valence-corrected chi connectivity index (χ1v) is 3.87. The number of hydrogen-bond acceptors (Lipinski definition) is 1. The molecule has 0 rings (SSSR count). The van der Waals surface area contributed by atoms with E-state index in [2.05, 4.69) is 50.0 Å². The number of nitrogens with zero attached hydrogens (tertiary/aromatic N) is 1. The summed E-state index contributed by atoms with van der Waals surface area (Å²) in [4.78, 5) is 3.97. The molecule has 0 aromatic carbocycles. The Morgan fingerprint density at radius 1 is 1.33 bits per heavy atom. The summed E-state index contributed by atoms with van der Waals surface area (Å²) in [5.41, 5.74) is 0.830. The van der Waals surface area contributed by atoms with Crippen molar-refractivity contribution < 1.29 is 0 Å². The highest BCUT2D eigenvalue weighted by Crippen LogP contribution is 2.09. The zero-order chi connectivity index (χ0) is 7.44. The molecule has 0 amide bonds. The summed E-state index contributed by atoms with van der Waals surface area (Å²) in [5.74, 6) is 0. The molecule has 0 aliphatic carbocycles. The first-order valence-electron chi connectivity index (χ1n) is 2.28. The minimum atomic E-state index is 0.612. The van der Waals surface area contributed by atoms with Gasteiger partial charge in [-0.3, -0.25) is 0 Å². The van der Waals surface area contributed by atoms with E-state index >= 15 is 0 Å². The van der Waals surface area contributed by atoms with E-state index in [-0.39, 0.29) is 0 Å². The Bertz CT molecular complexity index is 170. The standard InChI is InChI=1S/C6H7Br2N/c1-4(7)5(2)9-6(3)8/h1,3H2,2H3/b9-5-. The van der Waals surface area contributed by atoms with Gasteiger partial charge in [0, 0.05) is 4.48 Å². The first-order chi connectivity index (χ1) is 4.04. The van der Waals surface area contributed by atoms with Gasteiger partial charge in [0.1, 0.15) is 0 Å². The summed E-state index contributed by atoms with van der Waals surface area (Å²) in [6, 6.07) is 0. The summed E-state index contributed by atoms with van der Waals surface area (Å²) in [6.45, 7) is 9.03. The van der Waals surface area contributed by atoms with Gasteiger partial charge in [-0.15, -0.1) is 0 Å². The van der Waals surface area contributed by atoms with Crippen molar-refractivity contribution in [3.8, 4) is 0 Å². The van der Waals surface area contributed by atoms with Crippen molar-refractivity contribution in [1.29, 1.82) is 0 Å². The Morgan fingerprint density at radius 2 is 1.78 bits per heavy atom. The lowest BCUT2D eigenvalue weighted by molar-refractivity contribution is 1.53. The third-order valence-electron chi connectivity index (χ3n) is 0.682. The highest BCUT2D eigenvalue weighted by atomic mass is 79.9. The van der Waals surface area contributed by atoms with Crippen molar-refractivity contribution in [2.24, 2.45) is 4.99 Å². The number of hydrogen-bond donors (Lipinski definition) is 0. The van der Waals surface area contributed by atoms with Crippen LogP contribution in [-0.4, -0.2) is 5.71 Å². The zero-order valence-corrected chi connectivity index (χ0v) is 8.29. The minimum Gasteiger partial charge on any atom is -0.246 e. The van der Waals surface area contributed by atoms with Gasteiger partial charge in [0.2, 0.25) is 0 Å². The second kappa shape index (κ2) is 4.01. The third kappa shape index (κ3) is 4.60. The van der Waals surface area contributed by atoms with Crippen molar-refractivity contribution >= 4 is 37.6 Å². The molecule has 0 aliphatic rings. The van der Waals surface area contributed by atoms with Crippen LogP contribution in [0.3, 0.4) is 0 Å². The van der Waals surface area contributed by atoms with Crippen LogP contribution in [0.1, 0.15) is 6.92 Å². The van der Waals surface area contributed by atoms with Gasteiger partial charge in [-0.2, -0.15) is 0 Å². The van der Waals surface area contributed by atoms with Gasteiger partial charge < -0.3 is 0 Å². The van der Waals surface area contributed by atoms with E-state index in [0.29, 0.717) is 4.61 Å². The van der Waals surface area contributed by atoms with Gasteiger partial charge in [-0.25, -0.2) is 4.99 Å². The maximum absolute atomic E-state index is 3.97. The predicted octanol–water partition coefficient (Wildman–Crippen LogP) is 3.22. The molecular formula is C6H7Br2N. The normalized spacial score (nSPS) is 11.2. The third-order valence-corrected chi connectivity index (χ3v) is 1.43. The molecule has 0 spiro atoms. The Morgan fingerprint density at radius 3 is 1.89 bits per heavy atom. The van der Waals surface area contributed by atoms with Crippen molar-refractivity contribution in [1.82, 2.24) is 0 Å². The van der Waals surface area contributed by atoms with E-state index in [9.17, 15) is 0 Å². The van der Waals surface area contributed by atoms with Crippen molar-refractivity contribution in [2.75, 3.05) is 0 Å². The summed E-state index contributed by atoms with van der Waals surface area (Å²) in [6.07, 6.45) is 0. The maximum atomic E-state index is 3.97. The molecule has 0 atom stereocenters. The maximum Gasteiger partial charge on any atom is 0.0988 e. The van der Waals surface area contributed by atoms with Crippen LogP contribution in [0, 0.1) is 0 Å². The minimum absolute atomic E-state index is 0.612. The zero-order valence-electron chi connectivity index (χ0n) is 5.12. The molecule has 0 fully saturated rings. The van der Waals surface area contributed by atoms with Gasteiger partial charge >= 0.3 is 0 Å². The molecular weight excluding hydrogens is 246 g/mol. The highest BCUT2D eigenvalue weighted by Gasteiger charge is 1.91. The average Bonchev–Trinajstić information content (AvgIpc) is 1.63. The molecule has 3 heteroatoms. The Balaban J connectivity index is 4.17. The van der Waals surface area contributed by atoms with Gasteiger partial charge in [-0.05, 0) is 38.8 Å². The average molecular weight is 253 g/mol. The fraction of sp³-hybridized carbons (Fsp3) is 0.167.